The van der Waals surface area contributed by atoms with E-state index >= 15 is 0 Å². The zero-order valence-corrected chi connectivity index (χ0v) is 12.2. The largest absolute Gasteiger partial charge is 0.383 e. The molecule has 1 fully saturated rings. The van der Waals surface area contributed by atoms with Gasteiger partial charge in [-0.25, -0.2) is 18.1 Å². The second kappa shape index (κ2) is 5.09. The van der Waals surface area contributed by atoms with Crippen molar-refractivity contribution in [2.45, 2.75) is 50.5 Å². The van der Waals surface area contributed by atoms with Crippen LogP contribution in [-0.4, -0.2) is 19.4 Å². The van der Waals surface area contributed by atoms with Crippen molar-refractivity contribution in [1.82, 2.24) is 9.71 Å². The van der Waals surface area contributed by atoms with Crippen LogP contribution in [0.5, 0.6) is 0 Å². The third-order valence-electron chi connectivity index (χ3n) is 3.75. The second-order valence-corrected chi connectivity index (χ2v) is 7.63. The Balaban J connectivity index is 2.09. The Hall–Kier alpha value is -1.14. The Kier molecular flexibility index (Phi) is 3.82. The van der Waals surface area contributed by atoms with Gasteiger partial charge < -0.3 is 5.73 Å². The Morgan fingerprint density at radius 2 is 2.00 bits per heavy atom. The average Bonchev–Trinajstić information content (AvgIpc) is 2.32. The van der Waals surface area contributed by atoms with Crippen molar-refractivity contribution < 1.29 is 8.42 Å². The van der Waals surface area contributed by atoms with E-state index in [1.165, 1.54) is 12.3 Å². The molecule has 0 amide bonds. The molecule has 0 aromatic carbocycles. The highest BCUT2D eigenvalue weighted by Gasteiger charge is 2.30. The van der Waals surface area contributed by atoms with E-state index in [0.717, 1.165) is 25.7 Å². The van der Waals surface area contributed by atoms with Crippen LogP contribution in [0.25, 0.3) is 0 Å². The van der Waals surface area contributed by atoms with Crippen LogP contribution in [0.3, 0.4) is 0 Å². The van der Waals surface area contributed by atoms with Crippen molar-refractivity contribution in [1.29, 1.82) is 0 Å². The normalized spacial score (nSPS) is 20.3. The van der Waals surface area contributed by atoms with Crippen molar-refractivity contribution >= 4 is 15.8 Å². The van der Waals surface area contributed by atoms with Crippen molar-refractivity contribution in [2.24, 2.45) is 5.41 Å². The molecule has 1 heterocycles. The molecule has 1 aliphatic rings. The Bertz CT molecular complexity index is 545. The van der Waals surface area contributed by atoms with Crippen molar-refractivity contribution in [3.8, 4) is 0 Å². The van der Waals surface area contributed by atoms with Gasteiger partial charge in [-0.3, -0.25) is 0 Å². The molecule has 1 aromatic rings. The van der Waals surface area contributed by atoms with Crippen molar-refractivity contribution in [2.75, 3.05) is 5.73 Å². The second-order valence-electron chi connectivity index (χ2n) is 5.95. The highest BCUT2D eigenvalue weighted by atomic mass is 32.2. The summed E-state index contributed by atoms with van der Waals surface area (Å²) >= 11 is 0. The number of nitrogens with zero attached hydrogens (tertiary/aromatic N) is 1. The molecule has 6 heteroatoms. The molecular formula is C13H21N3O2S. The summed E-state index contributed by atoms with van der Waals surface area (Å²) in [7, 11) is -3.57. The number of nitrogen functional groups attached to an aromatic ring is 1. The molecule has 1 aliphatic carbocycles. The molecule has 0 unspecified atom stereocenters. The van der Waals surface area contributed by atoms with Gasteiger partial charge in [-0.15, -0.1) is 0 Å². The number of rotatable bonds is 3. The van der Waals surface area contributed by atoms with Crippen LogP contribution in [0.4, 0.5) is 5.82 Å². The number of nitrogens with two attached hydrogens (primary N) is 1. The standard InChI is InChI=1S/C13H21N3O2S/c1-13(2)7-5-10(6-8-13)16-19(17,18)11-4-3-9-15-12(11)14/h3-4,9-10,16H,5-8H2,1-2H3,(H2,14,15). The summed E-state index contributed by atoms with van der Waals surface area (Å²) < 4.78 is 27.2. The molecule has 0 radical (unpaired) electrons. The van der Waals surface area contributed by atoms with E-state index < -0.39 is 10.0 Å². The zero-order valence-electron chi connectivity index (χ0n) is 11.4. The first kappa shape index (κ1) is 14.3. The summed E-state index contributed by atoms with van der Waals surface area (Å²) in [5.41, 5.74) is 5.94. The van der Waals surface area contributed by atoms with Gasteiger partial charge in [-0.1, -0.05) is 13.8 Å². The lowest BCUT2D eigenvalue weighted by atomic mass is 9.76. The predicted octanol–water partition coefficient (Wildman–Crippen LogP) is 1.91. The minimum Gasteiger partial charge on any atom is -0.383 e. The van der Waals surface area contributed by atoms with E-state index in [-0.39, 0.29) is 16.8 Å². The summed E-state index contributed by atoms with van der Waals surface area (Å²) in [6, 6.07) is 3.06. The minimum atomic E-state index is -3.57. The molecule has 5 nitrogen and oxygen atoms in total. The molecule has 0 atom stereocenters. The smallest absolute Gasteiger partial charge is 0.244 e. The Morgan fingerprint density at radius 1 is 1.37 bits per heavy atom. The third-order valence-corrected chi connectivity index (χ3v) is 5.32. The van der Waals surface area contributed by atoms with Gasteiger partial charge >= 0.3 is 0 Å². The summed E-state index contributed by atoms with van der Waals surface area (Å²) in [4.78, 5) is 3.89. The van der Waals surface area contributed by atoms with Gasteiger partial charge in [0, 0.05) is 12.2 Å². The van der Waals surface area contributed by atoms with E-state index in [9.17, 15) is 8.42 Å². The van der Waals surface area contributed by atoms with Gasteiger partial charge in [-0.05, 0) is 43.2 Å². The van der Waals surface area contributed by atoms with Crippen LogP contribution in [-0.2, 0) is 10.0 Å². The maximum absolute atomic E-state index is 12.3. The molecule has 0 spiro atoms. The van der Waals surface area contributed by atoms with Crippen LogP contribution >= 0.6 is 0 Å². The van der Waals surface area contributed by atoms with Gasteiger partial charge in [-0.2, -0.15) is 0 Å². The Morgan fingerprint density at radius 3 is 2.58 bits per heavy atom. The fourth-order valence-corrected chi connectivity index (χ4v) is 3.82. The summed E-state index contributed by atoms with van der Waals surface area (Å²) in [5, 5.41) is 0. The van der Waals surface area contributed by atoms with Crippen LogP contribution in [0, 0.1) is 5.41 Å². The molecule has 1 aromatic heterocycles. The number of anilines is 1. The minimum absolute atomic E-state index is 0.00219. The zero-order chi connectivity index (χ0) is 14.1. The Labute approximate surface area is 114 Å². The number of pyridine rings is 1. The summed E-state index contributed by atoms with van der Waals surface area (Å²) in [6.45, 7) is 4.44. The molecule has 0 bridgehead atoms. The first-order valence-electron chi connectivity index (χ1n) is 6.53. The van der Waals surface area contributed by atoms with Crippen LogP contribution < -0.4 is 10.5 Å². The quantitative estimate of drug-likeness (QED) is 0.887. The molecule has 1 saturated carbocycles. The fourth-order valence-electron chi connectivity index (χ4n) is 2.43. The SMILES string of the molecule is CC1(C)CCC(NS(=O)(=O)c2cccnc2N)CC1. The van der Waals surface area contributed by atoms with E-state index in [1.807, 2.05) is 0 Å². The van der Waals surface area contributed by atoms with Gasteiger partial charge in [0.1, 0.15) is 10.7 Å². The predicted molar refractivity (Wildman–Crippen MR) is 75.0 cm³/mol. The van der Waals surface area contributed by atoms with Crippen molar-refractivity contribution in [3.63, 3.8) is 0 Å². The van der Waals surface area contributed by atoms with E-state index in [0.29, 0.717) is 5.41 Å². The van der Waals surface area contributed by atoms with Crippen LogP contribution in [0.15, 0.2) is 23.2 Å². The lowest BCUT2D eigenvalue weighted by Gasteiger charge is -2.34. The van der Waals surface area contributed by atoms with Crippen molar-refractivity contribution in [3.05, 3.63) is 18.3 Å². The molecule has 0 saturated heterocycles. The molecule has 106 valence electrons. The number of hydrogen-bond donors (Lipinski definition) is 2. The lowest BCUT2D eigenvalue weighted by molar-refractivity contribution is 0.218. The number of sulfonamides is 1. The molecule has 19 heavy (non-hydrogen) atoms. The monoisotopic (exact) mass is 283 g/mol. The number of nitrogens with one attached hydrogen (secondary N) is 1. The highest BCUT2D eigenvalue weighted by molar-refractivity contribution is 7.89. The maximum Gasteiger partial charge on any atom is 0.244 e. The average molecular weight is 283 g/mol. The van der Waals surface area contributed by atoms with Crippen LogP contribution in [0.2, 0.25) is 0 Å². The molecular weight excluding hydrogens is 262 g/mol. The van der Waals surface area contributed by atoms with Gasteiger partial charge in [0.15, 0.2) is 0 Å². The lowest BCUT2D eigenvalue weighted by Crippen LogP contribution is -2.39. The van der Waals surface area contributed by atoms with E-state index in [2.05, 4.69) is 23.6 Å². The molecule has 3 N–H and O–H groups in total. The van der Waals surface area contributed by atoms with Gasteiger partial charge in [0.2, 0.25) is 10.0 Å². The van der Waals surface area contributed by atoms with E-state index in [1.54, 1.807) is 6.07 Å². The van der Waals surface area contributed by atoms with Crippen LogP contribution in [0.1, 0.15) is 39.5 Å². The summed E-state index contributed by atoms with van der Waals surface area (Å²) in [6.07, 6.45) is 5.28. The molecule has 2 rings (SSSR count). The topological polar surface area (TPSA) is 85.1 Å². The maximum atomic E-state index is 12.3. The first-order chi connectivity index (χ1) is 8.80. The fraction of sp³-hybridized carbons (Fsp3) is 0.615. The van der Waals surface area contributed by atoms with E-state index in [4.69, 9.17) is 5.73 Å². The first-order valence-corrected chi connectivity index (χ1v) is 8.01. The number of aromatic nitrogens is 1. The van der Waals surface area contributed by atoms with Gasteiger partial charge in [0.05, 0.1) is 0 Å². The van der Waals surface area contributed by atoms with Gasteiger partial charge in [0.25, 0.3) is 0 Å². The third kappa shape index (κ3) is 3.45. The molecule has 0 aliphatic heterocycles. The summed E-state index contributed by atoms with van der Waals surface area (Å²) in [5.74, 6) is 0.0474. The highest BCUT2D eigenvalue weighted by Crippen LogP contribution is 2.35. The number of hydrogen-bond acceptors (Lipinski definition) is 4.